The second-order valence-corrected chi connectivity index (χ2v) is 8.68. The quantitative estimate of drug-likeness (QED) is 0.335. The van der Waals surface area contributed by atoms with Crippen molar-refractivity contribution in [3.8, 4) is 5.75 Å². The van der Waals surface area contributed by atoms with Crippen molar-refractivity contribution in [2.45, 2.75) is 27.1 Å². The molecule has 0 aliphatic carbocycles. The summed E-state index contributed by atoms with van der Waals surface area (Å²) in [5.74, 6) is 0.730. The topological polar surface area (TPSA) is 74.0 Å². The number of rotatable bonds is 7. The van der Waals surface area contributed by atoms with Gasteiger partial charge >= 0.3 is 0 Å². The van der Waals surface area contributed by atoms with Crippen LogP contribution >= 0.6 is 34.8 Å². The Kier molecular flexibility index (Phi) is 6.93. The Labute approximate surface area is 205 Å². The van der Waals surface area contributed by atoms with Crippen LogP contribution in [0, 0.1) is 13.8 Å². The molecule has 1 N–H and O–H groups in total. The Bertz CT molecular complexity index is 1290. The number of carbonyl (C=O) groups excluding carboxylic acids is 1. The summed E-state index contributed by atoms with van der Waals surface area (Å²) < 4.78 is 9.00. The molecule has 0 aliphatic heterocycles. The summed E-state index contributed by atoms with van der Waals surface area (Å²) >= 11 is 18.2. The van der Waals surface area contributed by atoms with E-state index in [9.17, 15) is 4.79 Å². The lowest BCUT2D eigenvalue weighted by molar-refractivity contribution is 0.101. The van der Waals surface area contributed by atoms with Crippen LogP contribution in [0.4, 0.5) is 5.82 Å². The standard InChI is InChI=1S/C23H20Cl3N5O2/c1-14-9-17(10-15(2)22(14)26)33-13-31-7-5-20(28-31)23(32)27-21-6-8-30(29-21)12-16-3-4-18(24)19(25)11-16/h3-11H,12-13H2,1-2H3,(H,27,29,32). The van der Waals surface area contributed by atoms with Crippen LogP contribution in [0.15, 0.2) is 54.9 Å². The Hall–Kier alpha value is -3.00. The van der Waals surface area contributed by atoms with Gasteiger partial charge in [0.1, 0.15) is 5.75 Å². The molecular weight excluding hydrogens is 485 g/mol. The van der Waals surface area contributed by atoms with E-state index in [1.54, 1.807) is 41.3 Å². The third kappa shape index (κ3) is 5.68. The van der Waals surface area contributed by atoms with E-state index in [1.807, 2.05) is 32.0 Å². The van der Waals surface area contributed by atoms with Crippen LogP contribution in [0.25, 0.3) is 0 Å². The molecule has 4 rings (SSSR count). The van der Waals surface area contributed by atoms with Crippen molar-refractivity contribution < 1.29 is 9.53 Å². The Morgan fingerprint density at radius 1 is 0.939 bits per heavy atom. The fourth-order valence-electron chi connectivity index (χ4n) is 3.21. The summed E-state index contributed by atoms with van der Waals surface area (Å²) in [6.45, 7) is 4.49. The van der Waals surface area contributed by atoms with E-state index in [4.69, 9.17) is 39.5 Å². The molecule has 7 nitrogen and oxygen atoms in total. The highest BCUT2D eigenvalue weighted by molar-refractivity contribution is 6.42. The average molecular weight is 505 g/mol. The van der Waals surface area contributed by atoms with Crippen LogP contribution in [-0.4, -0.2) is 25.5 Å². The number of nitrogens with one attached hydrogen (secondary N) is 1. The minimum atomic E-state index is -0.369. The van der Waals surface area contributed by atoms with Crippen LogP contribution in [0.3, 0.4) is 0 Å². The highest BCUT2D eigenvalue weighted by Crippen LogP contribution is 2.26. The van der Waals surface area contributed by atoms with Gasteiger partial charge in [0.05, 0.1) is 16.6 Å². The zero-order valence-corrected chi connectivity index (χ0v) is 20.1. The smallest absolute Gasteiger partial charge is 0.277 e. The first-order valence-electron chi connectivity index (χ1n) is 10.0. The summed E-state index contributed by atoms with van der Waals surface area (Å²) in [6, 6.07) is 12.4. The van der Waals surface area contributed by atoms with Gasteiger partial charge in [0, 0.05) is 23.5 Å². The summed E-state index contributed by atoms with van der Waals surface area (Å²) in [4.78, 5) is 12.6. The molecule has 170 valence electrons. The number of anilines is 1. The van der Waals surface area contributed by atoms with Crippen molar-refractivity contribution in [1.29, 1.82) is 0 Å². The molecule has 0 saturated carbocycles. The molecule has 0 bridgehead atoms. The summed E-state index contributed by atoms with van der Waals surface area (Å²) in [5, 5.41) is 13.1. The second kappa shape index (κ2) is 9.87. The van der Waals surface area contributed by atoms with Gasteiger partial charge in [-0.15, -0.1) is 0 Å². The Balaban J connectivity index is 1.34. The van der Waals surface area contributed by atoms with Crippen molar-refractivity contribution in [2.75, 3.05) is 5.32 Å². The van der Waals surface area contributed by atoms with Crippen LogP contribution in [-0.2, 0) is 13.3 Å². The van der Waals surface area contributed by atoms with Crippen LogP contribution in [0.5, 0.6) is 5.75 Å². The molecule has 33 heavy (non-hydrogen) atoms. The lowest BCUT2D eigenvalue weighted by atomic mass is 10.1. The number of ether oxygens (including phenoxy) is 1. The lowest BCUT2D eigenvalue weighted by Crippen LogP contribution is -2.15. The van der Waals surface area contributed by atoms with E-state index in [-0.39, 0.29) is 18.3 Å². The number of aromatic nitrogens is 4. The highest BCUT2D eigenvalue weighted by atomic mass is 35.5. The monoisotopic (exact) mass is 503 g/mol. The van der Waals surface area contributed by atoms with Crippen molar-refractivity contribution in [2.24, 2.45) is 0 Å². The van der Waals surface area contributed by atoms with Crippen LogP contribution < -0.4 is 10.1 Å². The first kappa shape index (κ1) is 23.2. The molecular formula is C23H20Cl3N5O2. The van der Waals surface area contributed by atoms with Gasteiger partial charge in [-0.3, -0.25) is 9.48 Å². The maximum absolute atomic E-state index is 12.6. The number of halogens is 3. The normalized spacial score (nSPS) is 10.9. The molecule has 0 saturated heterocycles. The summed E-state index contributed by atoms with van der Waals surface area (Å²) in [5.41, 5.74) is 3.06. The molecule has 2 heterocycles. The van der Waals surface area contributed by atoms with Crippen molar-refractivity contribution in [3.63, 3.8) is 0 Å². The molecule has 0 aliphatic rings. The van der Waals surface area contributed by atoms with E-state index < -0.39 is 0 Å². The SMILES string of the molecule is Cc1cc(OCn2ccc(C(=O)Nc3ccn(Cc4ccc(Cl)c(Cl)c4)n3)n2)cc(C)c1Cl. The van der Waals surface area contributed by atoms with Gasteiger partial charge in [0.2, 0.25) is 0 Å². The molecule has 0 unspecified atom stereocenters. The van der Waals surface area contributed by atoms with Crippen molar-refractivity contribution in [1.82, 2.24) is 19.6 Å². The fourth-order valence-corrected chi connectivity index (χ4v) is 3.64. The molecule has 0 radical (unpaired) electrons. The molecule has 2 aromatic carbocycles. The number of aryl methyl sites for hydroxylation is 2. The largest absolute Gasteiger partial charge is 0.471 e. The summed E-state index contributed by atoms with van der Waals surface area (Å²) in [7, 11) is 0. The van der Waals surface area contributed by atoms with Gasteiger partial charge in [-0.25, -0.2) is 4.68 Å². The predicted molar refractivity (Wildman–Crippen MR) is 130 cm³/mol. The van der Waals surface area contributed by atoms with Crippen LogP contribution in [0.2, 0.25) is 15.1 Å². The molecule has 10 heteroatoms. The Morgan fingerprint density at radius 3 is 2.39 bits per heavy atom. The highest BCUT2D eigenvalue weighted by Gasteiger charge is 2.12. The minimum absolute atomic E-state index is 0.159. The van der Waals surface area contributed by atoms with E-state index in [1.165, 1.54) is 4.68 Å². The van der Waals surface area contributed by atoms with Gasteiger partial charge in [-0.2, -0.15) is 10.2 Å². The van der Waals surface area contributed by atoms with E-state index in [0.717, 1.165) is 21.7 Å². The molecule has 0 atom stereocenters. The minimum Gasteiger partial charge on any atom is -0.471 e. The van der Waals surface area contributed by atoms with E-state index >= 15 is 0 Å². The number of amides is 1. The molecule has 4 aromatic rings. The third-order valence-electron chi connectivity index (χ3n) is 4.86. The third-order valence-corrected chi connectivity index (χ3v) is 6.19. The van der Waals surface area contributed by atoms with Gasteiger partial charge in [0.25, 0.3) is 5.91 Å². The van der Waals surface area contributed by atoms with Crippen molar-refractivity contribution >= 4 is 46.5 Å². The maximum Gasteiger partial charge on any atom is 0.277 e. The zero-order valence-electron chi connectivity index (χ0n) is 17.8. The number of hydrogen-bond acceptors (Lipinski definition) is 4. The molecule has 0 spiro atoms. The number of nitrogens with zero attached hydrogens (tertiary/aromatic N) is 4. The van der Waals surface area contributed by atoms with Gasteiger partial charge in [-0.1, -0.05) is 40.9 Å². The average Bonchev–Trinajstić information content (AvgIpc) is 3.42. The van der Waals surface area contributed by atoms with E-state index in [2.05, 4.69) is 15.5 Å². The molecule has 0 fully saturated rings. The number of benzene rings is 2. The van der Waals surface area contributed by atoms with Gasteiger partial charge < -0.3 is 10.1 Å². The second-order valence-electron chi connectivity index (χ2n) is 7.49. The Morgan fingerprint density at radius 2 is 1.67 bits per heavy atom. The summed E-state index contributed by atoms with van der Waals surface area (Å²) in [6.07, 6.45) is 3.44. The van der Waals surface area contributed by atoms with Crippen LogP contribution in [0.1, 0.15) is 27.2 Å². The zero-order chi connectivity index (χ0) is 23.5. The predicted octanol–water partition coefficient (Wildman–Crippen LogP) is 5.99. The number of hydrogen-bond donors (Lipinski definition) is 1. The lowest BCUT2D eigenvalue weighted by Gasteiger charge is -2.10. The van der Waals surface area contributed by atoms with E-state index in [0.29, 0.717) is 28.2 Å². The maximum atomic E-state index is 12.6. The number of carbonyl (C=O) groups is 1. The van der Waals surface area contributed by atoms with Gasteiger partial charge in [0.15, 0.2) is 18.2 Å². The van der Waals surface area contributed by atoms with Crippen molar-refractivity contribution in [3.05, 3.63) is 92.3 Å². The van der Waals surface area contributed by atoms with Gasteiger partial charge in [-0.05, 0) is 60.9 Å². The molecule has 2 aromatic heterocycles. The fraction of sp³-hybridized carbons (Fsp3) is 0.174. The molecule has 1 amide bonds. The first-order chi connectivity index (χ1) is 15.8. The first-order valence-corrected chi connectivity index (χ1v) is 11.1.